The van der Waals surface area contributed by atoms with Gasteiger partial charge in [-0.05, 0) is 30.2 Å². The summed E-state index contributed by atoms with van der Waals surface area (Å²) in [6.07, 6.45) is 2.58. The Labute approximate surface area is 162 Å². The number of hydrogen-bond acceptors (Lipinski definition) is 4. The van der Waals surface area contributed by atoms with Crippen molar-refractivity contribution in [3.8, 4) is 17.0 Å². The molecule has 2 aromatic heterocycles. The second-order valence-electron chi connectivity index (χ2n) is 6.65. The van der Waals surface area contributed by atoms with Crippen molar-refractivity contribution in [2.24, 2.45) is 7.05 Å². The molecule has 0 aliphatic heterocycles. The number of rotatable bonds is 5. The van der Waals surface area contributed by atoms with Crippen LogP contribution in [-0.2, 0) is 7.05 Å². The van der Waals surface area contributed by atoms with E-state index >= 15 is 0 Å². The van der Waals surface area contributed by atoms with Crippen LogP contribution in [-0.4, -0.2) is 26.9 Å². The van der Waals surface area contributed by atoms with Crippen molar-refractivity contribution in [1.82, 2.24) is 19.7 Å². The maximum atomic E-state index is 14.4. The van der Waals surface area contributed by atoms with Gasteiger partial charge in [-0.15, -0.1) is 0 Å². The SMILES string of the molecule is CCC(c1ccccc1)c1nc(-c2ccc(OC)c(F)c2)c2c(cnn2C)n1. The van der Waals surface area contributed by atoms with E-state index in [1.807, 2.05) is 31.3 Å². The third kappa shape index (κ3) is 3.11. The number of nitrogens with zero attached hydrogens (tertiary/aromatic N) is 4. The predicted octanol–water partition coefficient (Wildman–Crippen LogP) is 4.72. The van der Waals surface area contributed by atoms with Gasteiger partial charge in [0.05, 0.1) is 13.3 Å². The lowest BCUT2D eigenvalue weighted by molar-refractivity contribution is 0.386. The quantitative estimate of drug-likeness (QED) is 0.506. The smallest absolute Gasteiger partial charge is 0.165 e. The van der Waals surface area contributed by atoms with E-state index < -0.39 is 5.82 Å². The zero-order chi connectivity index (χ0) is 19.7. The highest BCUT2D eigenvalue weighted by molar-refractivity contribution is 5.89. The molecule has 5 nitrogen and oxygen atoms in total. The minimum absolute atomic E-state index is 0.0488. The Morgan fingerprint density at radius 3 is 2.57 bits per heavy atom. The van der Waals surface area contributed by atoms with Crippen LogP contribution in [0, 0.1) is 5.82 Å². The van der Waals surface area contributed by atoms with Crippen LogP contribution in [0.5, 0.6) is 5.75 Å². The van der Waals surface area contributed by atoms with E-state index in [0.717, 1.165) is 23.0 Å². The second-order valence-corrected chi connectivity index (χ2v) is 6.65. The molecule has 4 aromatic rings. The zero-order valence-electron chi connectivity index (χ0n) is 16.1. The summed E-state index contributed by atoms with van der Waals surface area (Å²) < 4.78 is 21.1. The van der Waals surface area contributed by atoms with Crippen LogP contribution in [0.1, 0.15) is 30.7 Å². The van der Waals surface area contributed by atoms with Crippen LogP contribution in [0.15, 0.2) is 54.7 Å². The summed E-state index contributed by atoms with van der Waals surface area (Å²) in [5.41, 5.74) is 4.00. The van der Waals surface area contributed by atoms with Gasteiger partial charge in [0.25, 0.3) is 0 Å². The number of aromatic nitrogens is 4. The first-order valence-corrected chi connectivity index (χ1v) is 9.20. The molecule has 0 amide bonds. The third-order valence-electron chi connectivity index (χ3n) is 4.95. The zero-order valence-corrected chi connectivity index (χ0v) is 16.1. The van der Waals surface area contributed by atoms with Gasteiger partial charge in [-0.3, -0.25) is 4.68 Å². The molecule has 0 bridgehead atoms. The lowest BCUT2D eigenvalue weighted by atomic mass is 9.95. The monoisotopic (exact) mass is 376 g/mol. The van der Waals surface area contributed by atoms with E-state index in [2.05, 4.69) is 24.2 Å². The molecule has 0 radical (unpaired) electrons. The van der Waals surface area contributed by atoms with Crippen molar-refractivity contribution < 1.29 is 9.13 Å². The standard InChI is InChI=1S/C22H21FN4O/c1-4-16(14-8-6-5-7-9-14)22-25-18-13-24-27(2)21(18)20(26-22)15-10-11-19(28-3)17(23)12-15/h5-13,16H,4H2,1-3H3. The molecule has 0 spiro atoms. The Balaban J connectivity index is 1.93. The first-order chi connectivity index (χ1) is 13.6. The molecule has 0 aliphatic rings. The van der Waals surface area contributed by atoms with Gasteiger partial charge in [0, 0.05) is 18.5 Å². The molecule has 28 heavy (non-hydrogen) atoms. The molecular weight excluding hydrogens is 355 g/mol. The average Bonchev–Trinajstić information content (AvgIpc) is 3.10. The van der Waals surface area contributed by atoms with Crippen LogP contribution in [0.25, 0.3) is 22.3 Å². The highest BCUT2D eigenvalue weighted by Gasteiger charge is 2.21. The molecule has 1 unspecified atom stereocenters. The largest absolute Gasteiger partial charge is 0.494 e. The van der Waals surface area contributed by atoms with Crippen LogP contribution in [0.2, 0.25) is 0 Å². The molecule has 0 aliphatic carbocycles. The molecule has 0 saturated carbocycles. The molecule has 0 N–H and O–H groups in total. The summed E-state index contributed by atoms with van der Waals surface area (Å²) >= 11 is 0. The van der Waals surface area contributed by atoms with Crippen molar-refractivity contribution in [1.29, 1.82) is 0 Å². The summed E-state index contributed by atoms with van der Waals surface area (Å²) in [6.45, 7) is 2.11. The molecule has 0 fully saturated rings. The highest BCUT2D eigenvalue weighted by atomic mass is 19.1. The van der Waals surface area contributed by atoms with Crippen LogP contribution >= 0.6 is 0 Å². The number of benzene rings is 2. The Morgan fingerprint density at radius 1 is 1.11 bits per heavy atom. The lowest BCUT2D eigenvalue weighted by Crippen LogP contribution is -2.07. The number of ether oxygens (including phenoxy) is 1. The molecular formula is C22H21FN4O. The highest BCUT2D eigenvalue weighted by Crippen LogP contribution is 2.32. The lowest BCUT2D eigenvalue weighted by Gasteiger charge is -2.16. The molecule has 142 valence electrons. The van der Waals surface area contributed by atoms with Crippen molar-refractivity contribution >= 4 is 11.0 Å². The van der Waals surface area contributed by atoms with Crippen molar-refractivity contribution in [2.75, 3.05) is 7.11 Å². The fraction of sp³-hybridized carbons (Fsp3) is 0.227. The van der Waals surface area contributed by atoms with Gasteiger partial charge in [0.1, 0.15) is 22.6 Å². The summed E-state index contributed by atoms with van der Waals surface area (Å²) in [7, 11) is 3.29. The molecule has 6 heteroatoms. The van der Waals surface area contributed by atoms with Crippen LogP contribution < -0.4 is 4.74 Å². The molecule has 2 heterocycles. The van der Waals surface area contributed by atoms with Gasteiger partial charge < -0.3 is 4.74 Å². The average molecular weight is 376 g/mol. The minimum Gasteiger partial charge on any atom is -0.494 e. The maximum absolute atomic E-state index is 14.4. The van der Waals surface area contributed by atoms with E-state index in [1.165, 1.54) is 13.2 Å². The van der Waals surface area contributed by atoms with E-state index in [4.69, 9.17) is 14.7 Å². The first-order valence-electron chi connectivity index (χ1n) is 9.20. The van der Waals surface area contributed by atoms with Gasteiger partial charge >= 0.3 is 0 Å². The van der Waals surface area contributed by atoms with Crippen molar-refractivity contribution in [3.05, 3.63) is 71.9 Å². The fourth-order valence-corrected chi connectivity index (χ4v) is 3.52. The summed E-state index contributed by atoms with van der Waals surface area (Å²) in [4.78, 5) is 9.64. The van der Waals surface area contributed by atoms with Crippen LogP contribution in [0.4, 0.5) is 4.39 Å². The third-order valence-corrected chi connectivity index (χ3v) is 4.95. The number of aryl methyl sites for hydroxylation is 1. The van der Waals surface area contributed by atoms with Gasteiger partial charge in [0.15, 0.2) is 11.6 Å². The number of methoxy groups -OCH3 is 1. The predicted molar refractivity (Wildman–Crippen MR) is 107 cm³/mol. The fourth-order valence-electron chi connectivity index (χ4n) is 3.52. The van der Waals surface area contributed by atoms with E-state index in [9.17, 15) is 4.39 Å². The van der Waals surface area contributed by atoms with Crippen molar-refractivity contribution in [2.45, 2.75) is 19.3 Å². The van der Waals surface area contributed by atoms with E-state index in [0.29, 0.717) is 17.1 Å². The normalized spacial score (nSPS) is 12.3. The summed E-state index contributed by atoms with van der Waals surface area (Å²) in [5, 5.41) is 4.33. The maximum Gasteiger partial charge on any atom is 0.165 e. The van der Waals surface area contributed by atoms with Gasteiger partial charge in [0.2, 0.25) is 0 Å². The number of fused-ring (bicyclic) bond motifs is 1. The number of halogens is 1. The molecule has 0 saturated heterocycles. The van der Waals surface area contributed by atoms with Crippen LogP contribution in [0.3, 0.4) is 0 Å². The second kappa shape index (κ2) is 7.38. The number of hydrogen-bond donors (Lipinski definition) is 0. The van der Waals surface area contributed by atoms with Gasteiger partial charge in [-0.25, -0.2) is 14.4 Å². The Morgan fingerprint density at radius 2 is 1.89 bits per heavy atom. The molecule has 4 rings (SSSR count). The van der Waals surface area contributed by atoms with Crippen molar-refractivity contribution in [3.63, 3.8) is 0 Å². The summed E-state index contributed by atoms with van der Waals surface area (Å²) in [5.74, 6) is 0.536. The van der Waals surface area contributed by atoms with Gasteiger partial charge in [-0.1, -0.05) is 37.3 Å². The Hall–Kier alpha value is -3.28. The van der Waals surface area contributed by atoms with E-state index in [1.54, 1.807) is 16.9 Å². The summed E-state index contributed by atoms with van der Waals surface area (Å²) in [6, 6.07) is 15.1. The minimum atomic E-state index is -0.425. The first kappa shape index (κ1) is 18.1. The van der Waals surface area contributed by atoms with Gasteiger partial charge in [-0.2, -0.15) is 5.10 Å². The molecule has 2 aromatic carbocycles. The Kier molecular flexibility index (Phi) is 4.77. The van der Waals surface area contributed by atoms with E-state index in [-0.39, 0.29) is 11.7 Å². The topological polar surface area (TPSA) is 52.8 Å². The Bertz CT molecular complexity index is 1120. The molecule has 1 atom stereocenters.